The van der Waals surface area contributed by atoms with E-state index in [-0.39, 0.29) is 23.7 Å². The topological polar surface area (TPSA) is 57.6 Å². The summed E-state index contributed by atoms with van der Waals surface area (Å²) in [5, 5.41) is 8.66. The van der Waals surface area contributed by atoms with E-state index in [1.54, 1.807) is 11.9 Å². The molecule has 1 spiro atoms. The number of rotatable bonds is 5. The zero-order valence-electron chi connectivity index (χ0n) is 12.3. The fraction of sp³-hybridized carbons (Fsp3) is 0.529. The Morgan fingerprint density at radius 1 is 1.38 bits per heavy atom. The van der Waals surface area contributed by atoms with E-state index >= 15 is 0 Å². The highest BCUT2D eigenvalue weighted by Crippen LogP contribution is 2.61. The number of carbonyl (C=O) groups is 2. The van der Waals surface area contributed by atoms with Gasteiger partial charge in [-0.05, 0) is 36.8 Å². The minimum Gasteiger partial charge on any atom is -0.481 e. The van der Waals surface area contributed by atoms with Crippen LogP contribution in [0.4, 0.5) is 0 Å². The van der Waals surface area contributed by atoms with Gasteiger partial charge < -0.3 is 10.0 Å². The first-order valence-corrected chi connectivity index (χ1v) is 7.60. The minimum absolute atomic E-state index is 0.0781. The molecule has 21 heavy (non-hydrogen) atoms. The number of carbonyl (C=O) groups excluding carboxylic acids is 1. The van der Waals surface area contributed by atoms with Crippen molar-refractivity contribution in [3.63, 3.8) is 0 Å². The molecule has 2 aliphatic carbocycles. The lowest BCUT2D eigenvalue weighted by Gasteiger charge is -2.19. The first-order valence-electron chi connectivity index (χ1n) is 7.60. The molecule has 3 rings (SSSR count). The van der Waals surface area contributed by atoms with Crippen LogP contribution >= 0.6 is 0 Å². The molecule has 0 aromatic heterocycles. The summed E-state index contributed by atoms with van der Waals surface area (Å²) in [5.41, 5.74) is 2.83. The molecule has 0 aliphatic heterocycles. The second-order valence-electron chi connectivity index (χ2n) is 6.33. The smallest absolute Gasteiger partial charge is 0.303 e. The van der Waals surface area contributed by atoms with Crippen LogP contribution in [0.25, 0.3) is 0 Å². The van der Waals surface area contributed by atoms with Crippen LogP contribution in [0, 0.1) is 5.92 Å². The Bertz CT molecular complexity index is 583. The first kappa shape index (κ1) is 14.1. The van der Waals surface area contributed by atoms with Gasteiger partial charge in [-0.15, -0.1) is 0 Å². The van der Waals surface area contributed by atoms with Crippen LogP contribution in [0.2, 0.25) is 0 Å². The molecule has 4 heteroatoms. The monoisotopic (exact) mass is 287 g/mol. The molecule has 0 saturated heterocycles. The molecule has 2 unspecified atom stereocenters. The van der Waals surface area contributed by atoms with Gasteiger partial charge in [0.1, 0.15) is 0 Å². The van der Waals surface area contributed by atoms with E-state index in [0.29, 0.717) is 13.0 Å². The second kappa shape index (κ2) is 5.17. The summed E-state index contributed by atoms with van der Waals surface area (Å²) in [6, 6.07) is 8.46. The van der Waals surface area contributed by atoms with Gasteiger partial charge in [0, 0.05) is 31.3 Å². The van der Waals surface area contributed by atoms with Crippen molar-refractivity contribution in [3.05, 3.63) is 35.4 Å². The average Bonchev–Trinajstić information content (AvgIpc) is 3.07. The molecule has 1 saturated carbocycles. The SMILES string of the molecule is CN(CCCC(=O)O)C(=O)C1CC12CCc1ccccc12. The summed E-state index contributed by atoms with van der Waals surface area (Å²) in [4.78, 5) is 24.8. The summed E-state index contributed by atoms with van der Waals surface area (Å²) in [6.45, 7) is 0.527. The van der Waals surface area contributed by atoms with Crippen LogP contribution < -0.4 is 0 Å². The van der Waals surface area contributed by atoms with Gasteiger partial charge in [0.15, 0.2) is 0 Å². The third-order valence-corrected chi connectivity index (χ3v) is 5.03. The normalized spacial score (nSPS) is 25.7. The van der Waals surface area contributed by atoms with Crippen molar-refractivity contribution in [1.29, 1.82) is 0 Å². The predicted octanol–water partition coefficient (Wildman–Crippen LogP) is 2.21. The second-order valence-corrected chi connectivity index (χ2v) is 6.33. The molecule has 4 nitrogen and oxygen atoms in total. The molecule has 1 N–H and O–H groups in total. The number of amides is 1. The lowest BCUT2D eigenvalue weighted by Crippen LogP contribution is -2.31. The number of benzene rings is 1. The van der Waals surface area contributed by atoms with Gasteiger partial charge in [0.2, 0.25) is 5.91 Å². The van der Waals surface area contributed by atoms with E-state index in [1.807, 2.05) is 0 Å². The van der Waals surface area contributed by atoms with Crippen LogP contribution in [0.1, 0.15) is 36.8 Å². The van der Waals surface area contributed by atoms with Crippen molar-refractivity contribution < 1.29 is 14.7 Å². The number of fused-ring (bicyclic) bond motifs is 2. The summed E-state index contributed by atoms with van der Waals surface area (Å²) in [5.74, 6) is -0.531. The average molecular weight is 287 g/mol. The van der Waals surface area contributed by atoms with Gasteiger partial charge in [-0.25, -0.2) is 0 Å². The zero-order valence-corrected chi connectivity index (χ0v) is 12.3. The highest BCUT2D eigenvalue weighted by Gasteiger charge is 2.61. The van der Waals surface area contributed by atoms with E-state index in [1.165, 1.54) is 11.1 Å². The molecule has 1 fully saturated rings. The Morgan fingerprint density at radius 3 is 2.90 bits per heavy atom. The Balaban J connectivity index is 1.63. The van der Waals surface area contributed by atoms with E-state index in [9.17, 15) is 9.59 Å². The van der Waals surface area contributed by atoms with Gasteiger partial charge in [0.05, 0.1) is 0 Å². The van der Waals surface area contributed by atoms with E-state index in [0.717, 1.165) is 19.3 Å². The van der Waals surface area contributed by atoms with E-state index < -0.39 is 5.97 Å². The molecular formula is C17H21NO3. The van der Waals surface area contributed by atoms with Crippen molar-refractivity contribution in [3.8, 4) is 0 Å². The molecule has 2 aliphatic rings. The largest absolute Gasteiger partial charge is 0.481 e. The van der Waals surface area contributed by atoms with Gasteiger partial charge >= 0.3 is 5.97 Å². The Hall–Kier alpha value is -1.84. The number of nitrogens with zero attached hydrogens (tertiary/aromatic N) is 1. The van der Waals surface area contributed by atoms with Crippen LogP contribution in [0.15, 0.2) is 24.3 Å². The summed E-state index contributed by atoms with van der Waals surface area (Å²) in [7, 11) is 1.79. The number of hydrogen-bond acceptors (Lipinski definition) is 2. The Labute approximate surface area is 124 Å². The Morgan fingerprint density at radius 2 is 2.14 bits per heavy atom. The maximum Gasteiger partial charge on any atom is 0.303 e. The predicted molar refractivity (Wildman–Crippen MR) is 79.1 cm³/mol. The van der Waals surface area contributed by atoms with Crippen molar-refractivity contribution in [2.45, 2.75) is 37.5 Å². The highest BCUT2D eigenvalue weighted by atomic mass is 16.4. The van der Waals surface area contributed by atoms with Crippen molar-refractivity contribution in [1.82, 2.24) is 4.90 Å². The molecule has 2 atom stereocenters. The minimum atomic E-state index is -0.802. The van der Waals surface area contributed by atoms with Gasteiger partial charge in [-0.3, -0.25) is 9.59 Å². The first-order chi connectivity index (χ1) is 10.0. The molecule has 1 aromatic rings. The van der Waals surface area contributed by atoms with Crippen LogP contribution in [-0.4, -0.2) is 35.5 Å². The fourth-order valence-corrected chi connectivity index (χ4v) is 3.76. The number of aryl methyl sites for hydroxylation is 1. The Kier molecular flexibility index (Phi) is 3.47. The molecular weight excluding hydrogens is 266 g/mol. The highest BCUT2D eigenvalue weighted by molar-refractivity contribution is 5.85. The molecule has 1 amide bonds. The van der Waals surface area contributed by atoms with Gasteiger partial charge in [-0.1, -0.05) is 24.3 Å². The number of carboxylic acid groups (broad SMARTS) is 1. The molecule has 112 valence electrons. The quantitative estimate of drug-likeness (QED) is 0.903. The van der Waals surface area contributed by atoms with Gasteiger partial charge in [0.25, 0.3) is 0 Å². The maximum absolute atomic E-state index is 12.5. The van der Waals surface area contributed by atoms with Crippen molar-refractivity contribution in [2.75, 3.05) is 13.6 Å². The van der Waals surface area contributed by atoms with Crippen LogP contribution in [0.3, 0.4) is 0 Å². The number of hydrogen-bond donors (Lipinski definition) is 1. The van der Waals surface area contributed by atoms with Crippen LogP contribution in [-0.2, 0) is 21.4 Å². The summed E-state index contributed by atoms with van der Waals surface area (Å²) >= 11 is 0. The number of aliphatic carboxylic acids is 1. The van der Waals surface area contributed by atoms with E-state index in [2.05, 4.69) is 24.3 Å². The third-order valence-electron chi connectivity index (χ3n) is 5.03. The zero-order chi connectivity index (χ0) is 15.0. The standard InChI is InChI=1S/C17H21NO3/c1-18(10-4-7-15(19)20)16(21)14-11-17(14)9-8-12-5-2-3-6-13(12)17/h2-3,5-6,14H,4,7-11H2,1H3,(H,19,20). The third kappa shape index (κ3) is 2.43. The van der Waals surface area contributed by atoms with Crippen LogP contribution in [0.5, 0.6) is 0 Å². The molecule has 0 radical (unpaired) electrons. The maximum atomic E-state index is 12.5. The molecule has 1 aromatic carbocycles. The van der Waals surface area contributed by atoms with Crippen molar-refractivity contribution >= 4 is 11.9 Å². The fourth-order valence-electron chi connectivity index (χ4n) is 3.76. The number of carboxylic acids is 1. The van der Waals surface area contributed by atoms with E-state index in [4.69, 9.17) is 5.11 Å². The molecule has 0 bridgehead atoms. The lowest BCUT2D eigenvalue weighted by molar-refractivity contribution is -0.138. The lowest BCUT2D eigenvalue weighted by atomic mass is 9.95. The van der Waals surface area contributed by atoms with Crippen molar-refractivity contribution in [2.24, 2.45) is 5.92 Å². The molecule has 0 heterocycles. The van der Waals surface area contributed by atoms with Gasteiger partial charge in [-0.2, -0.15) is 0 Å². The summed E-state index contributed by atoms with van der Waals surface area (Å²) in [6.07, 6.45) is 3.74. The summed E-state index contributed by atoms with van der Waals surface area (Å²) < 4.78 is 0.